The van der Waals surface area contributed by atoms with Gasteiger partial charge in [-0.05, 0) is 214 Å². The zero-order valence-corrected chi connectivity index (χ0v) is 46.6. The Balaban J connectivity index is 0.000000153. The maximum atomic E-state index is 12.7. The molecule has 5 fully saturated rings. The predicted molar refractivity (Wildman–Crippen MR) is 307 cm³/mol. The van der Waals surface area contributed by atoms with Crippen LogP contribution in [0.2, 0.25) is 0 Å². The van der Waals surface area contributed by atoms with Crippen molar-refractivity contribution in [3.05, 3.63) is 125 Å². The molecule has 0 N–H and O–H groups in total. The maximum absolute atomic E-state index is 12.7. The summed E-state index contributed by atoms with van der Waals surface area (Å²) in [6.45, 7) is 22.6. The standard InChI is InChI=1S/C24H30N2O2.C20H30N2O3.C20H30N2O2/c27-24(19-26-16-12-20-6-1-2-7-22(20)18-26)21-8-10-23(11-9-21)28-17-5-15-25-13-3-4-14-25;1-17-4-2-9-22(17)10-3-13-25-19-7-5-18(6-8-19)20(23)16-21-11-14-24-15-12-21;23-20(17-22-13-2-1-3-14-22)18-7-9-19(10-8-18)24-16-6-15-21-11-4-5-12-21/h1-2,6-11H,3-5,12-19H2;5-8,17H,2-4,9-16H2,1H3;7-10H,1-6,11-17H2. The third-order valence-corrected chi connectivity index (χ3v) is 16.1. The normalized spacial score (nSPS) is 19.6. The summed E-state index contributed by atoms with van der Waals surface area (Å²) in [6.07, 6.45) is 15.9. The monoisotopic (exact) mass is 1050 g/mol. The van der Waals surface area contributed by atoms with Crippen molar-refractivity contribution in [2.24, 2.45) is 0 Å². The van der Waals surface area contributed by atoms with Crippen LogP contribution in [0, 0.1) is 0 Å². The van der Waals surface area contributed by atoms with Crippen LogP contribution >= 0.6 is 0 Å². The SMILES string of the molecule is CC1CCCN1CCCOc1ccc(C(=O)CN2CCOCC2)cc1.O=C(CN1CCCCC1)c1ccc(OCCCN2CCCC2)cc1.O=C(CN1CCc2ccccc2C1)c1ccc(OCCCN2CCCC2)cc1. The van der Waals surface area contributed by atoms with Crippen LogP contribution in [0.3, 0.4) is 0 Å². The van der Waals surface area contributed by atoms with E-state index in [0.29, 0.717) is 19.6 Å². The van der Waals surface area contributed by atoms with Crippen molar-refractivity contribution < 1.29 is 33.3 Å². The molecule has 1 unspecified atom stereocenters. The Kier molecular flexibility index (Phi) is 24.3. The average Bonchev–Trinajstić information content (AvgIpc) is 4.29. The first-order valence-corrected chi connectivity index (χ1v) is 29.6. The molecule has 0 aromatic heterocycles. The lowest BCUT2D eigenvalue weighted by molar-refractivity contribution is 0.0371. The van der Waals surface area contributed by atoms with Crippen LogP contribution in [0.4, 0.5) is 0 Å². The minimum atomic E-state index is 0.163. The largest absolute Gasteiger partial charge is 0.494 e. The molecule has 1 atom stereocenters. The molecule has 0 saturated carbocycles. The maximum Gasteiger partial charge on any atom is 0.176 e. The predicted octanol–water partition coefficient (Wildman–Crippen LogP) is 9.47. The Labute approximate surface area is 461 Å². The van der Waals surface area contributed by atoms with E-state index in [4.69, 9.17) is 18.9 Å². The number of fused-ring (bicyclic) bond motifs is 1. The third kappa shape index (κ3) is 20.0. The summed E-state index contributed by atoms with van der Waals surface area (Å²) in [4.78, 5) is 51.5. The molecular formula is C64H90N6O7. The molecule has 13 heteroatoms. The summed E-state index contributed by atoms with van der Waals surface area (Å²) in [5.74, 6) is 3.13. The first kappa shape index (κ1) is 58.2. The van der Waals surface area contributed by atoms with E-state index in [0.717, 1.165) is 158 Å². The minimum absolute atomic E-state index is 0.163. The van der Waals surface area contributed by atoms with E-state index < -0.39 is 0 Å². The number of likely N-dealkylation sites (tertiary alicyclic amines) is 4. The molecule has 4 aromatic carbocycles. The lowest BCUT2D eigenvalue weighted by Gasteiger charge is -2.28. The van der Waals surface area contributed by atoms with Crippen LogP contribution < -0.4 is 14.2 Å². The van der Waals surface area contributed by atoms with Crippen molar-refractivity contribution in [3.8, 4) is 17.2 Å². The number of ether oxygens (including phenoxy) is 4. The Morgan fingerprint density at radius 1 is 0.442 bits per heavy atom. The zero-order valence-electron chi connectivity index (χ0n) is 46.6. The minimum Gasteiger partial charge on any atom is -0.494 e. The molecule has 77 heavy (non-hydrogen) atoms. The number of hydrogen-bond acceptors (Lipinski definition) is 13. The van der Waals surface area contributed by atoms with Gasteiger partial charge in [-0.25, -0.2) is 0 Å². The summed E-state index contributed by atoms with van der Waals surface area (Å²) in [5, 5.41) is 0. The number of morpholine rings is 1. The number of rotatable bonds is 24. The average molecular weight is 1060 g/mol. The molecule has 0 spiro atoms. The van der Waals surface area contributed by atoms with Gasteiger partial charge in [0, 0.05) is 68.5 Å². The van der Waals surface area contributed by atoms with Gasteiger partial charge in [-0.3, -0.25) is 29.1 Å². The van der Waals surface area contributed by atoms with Gasteiger partial charge < -0.3 is 33.6 Å². The molecule has 6 heterocycles. The summed E-state index contributed by atoms with van der Waals surface area (Å²) >= 11 is 0. The van der Waals surface area contributed by atoms with Crippen LogP contribution in [0.25, 0.3) is 0 Å². The summed E-state index contributed by atoms with van der Waals surface area (Å²) < 4.78 is 22.8. The van der Waals surface area contributed by atoms with Gasteiger partial charge in [-0.2, -0.15) is 0 Å². The number of ketones is 3. The fourth-order valence-corrected chi connectivity index (χ4v) is 11.4. The molecule has 0 bridgehead atoms. The molecule has 4 aromatic rings. The van der Waals surface area contributed by atoms with Crippen LogP contribution in [0.1, 0.15) is 126 Å². The van der Waals surface area contributed by atoms with Gasteiger partial charge in [0.15, 0.2) is 17.3 Å². The molecule has 6 aliphatic heterocycles. The van der Waals surface area contributed by atoms with E-state index in [-0.39, 0.29) is 17.3 Å². The second kappa shape index (κ2) is 32.2. The van der Waals surface area contributed by atoms with Crippen molar-refractivity contribution in [1.29, 1.82) is 0 Å². The van der Waals surface area contributed by atoms with Gasteiger partial charge in [0.25, 0.3) is 0 Å². The van der Waals surface area contributed by atoms with Crippen LogP contribution in [0.15, 0.2) is 97.1 Å². The molecule has 0 aliphatic carbocycles. The molecule has 13 nitrogen and oxygen atoms in total. The van der Waals surface area contributed by atoms with Gasteiger partial charge >= 0.3 is 0 Å². The fraction of sp³-hybridized carbons (Fsp3) is 0.578. The van der Waals surface area contributed by atoms with E-state index in [9.17, 15) is 14.4 Å². The van der Waals surface area contributed by atoms with Crippen molar-refractivity contribution in [1.82, 2.24) is 29.4 Å². The second-order valence-electron chi connectivity index (χ2n) is 22.0. The number of Topliss-reactive ketones (excluding diaryl/α,β-unsaturated/α-hetero) is 3. The Bertz CT molecular complexity index is 2340. The van der Waals surface area contributed by atoms with Crippen molar-refractivity contribution in [2.45, 2.75) is 103 Å². The van der Waals surface area contributed by atoms with E-state index >= 15 is 0 Å². The molecule has 418 valence electrons. The highest BCUT2D eigenvalue weighted by Gasteiger charge is 2.22. The van der Waals surface area contributed by atoms with Gasteiger partial charge in [-0.15, -0.1) is 0 Å². The van der Waals surface area contributed by atoms with Crippen molar-refractivity contribution >= 4 is 17.3 Å². The number of nitrogens with zero attached hydrogens (tertiary/aromatic N) is 6. The molecule has 0 amide bonds. The number of piperidine rings is 1. The number of carbonyl (C=O) groups excluding carboxylic acids is 3. The smallest absolute Gasteiger partial charge is 0.176 e. The lowest BCUT2D eigenvalue weighted by atomic mass is 9.99. The zero-order chi connectivity index (χ0) is 53.3. The van der Waals surface area contributed by atoms with E-state index in [1.165, 1.54) is 102 Å². The molecule has 6 aliphatic rings. The number of carbonyl (C=O) groups is 3. The molecule has 5 saturated heterocycles. The van der Waals surface area contributed by atoms with Crippen molar-refractivity contribution in [3.63, 3.8) is 0 Å². The van der Waals surface area contributed by atoms with Crippen LogP contribution in [-0.2, 0) is 17.7 Å². The third-order valence-electron chi connectivity index (χ3n) is 16.1. The Morgan fingerprint density at radius 3 is 1.32 bits per heavy atom. The number of hydrogen-bond donors (Lipinski definition) is 0. The first-order valence-electron chi connectivity index (χ1n) is 29.6. The second-order valence-corrected chi connectivity index (χ2v) is 22.0. The lowest BCUT2D eigenvalue weighted by Crippen LogP contribution is -2.39. The van der Waals surface area contributed by atoms with Gasteiger partial charge in [0.1, 0.15) is 17.2 Å². The van der Waals surface area contributed by atoms with Gasteiger partial charge in [-0.1, -0.05) is 30.7 Å². The molecule has 10 rings (SSSR count). The summed E-state index contributed by atoms with van der Waals surface area (Å²) in [5.41, 5.74) is 5.08. The van der Waals surface area contributed by atoms with E-state index in [1.54, 1.807) is 0 Å². The topological polar surface area (TPSA) is 108 Å². The first-order chi connectivity index (χ1) is 37.8. The van der Waals surface area contributed by atoms with E-state index in [2.05, 4.69) is 60.6 Å². The molecule has 0 radical (unpaired) electrons. The summed E-state index contributed by atoms with van der Waals surface area (Å²) in [7, 11) is 0. The highest BCUT2D eigenvalue weighted by atomic mass is 16.5. The quantitative estimate of drug-likeness (QED) is 0.0492. The number of benzene rings is 4. The van der Waals surface area contributed by atoms with Gasteiger partial charge in [0.2, 0.25) is 0 Å². The Hall–Kier alpha value is -4.99. The highest BCUT2D eigenvalue weighted by Crippen LogP contribution is 2.22. The van der Waals surface area contributed by atoms with Crippen LogP contribution in [-0.4, -0.2) is 191 Å². The van der Waals surface area contributed by atoms with Crippen molar-refractivity contribution in [2.75, 3.05) is 138 Å². The van der Waals surface area contributed by atoms with E-state index in [1.807, 2.05) is 72.8 Å². The Morgan fingerprint density at radius 2 is 0.857 bits per heavy atom. The molecular weight excluding hydrogens is 965 g/mol. The summed E-state index contributed by atoms with van der Waals surface area (Å²) in [6, 6.07) is 32.1. The van der Waals surface area contributed by atoms with Gasteiger partial charge in [0.05, 0.1) is 52.7 Å². The fourth-order valence-electron chi connectivity index (χ4n) is 11.4. The van der Waals surface area contributed by atoms with Crippen LogP contribution in [0.5, 0.6) is 17.2 Å². The highest BCUT2D eigenvalue weighted by molar-refractivity contribution is 5.98.